The van der Waals surface area contributed by atoms with Crippen molar-refractivity contribution in [3.8, 4) is 0 Å². The molecule has 0 bridgehead atoms. The predicted molar refractivity (Wildman–Crippen MR) is 68.7 cm³/mol. The van der Waals surface area contributed by atoms with Gasteiger partial charge in [0.1, 0.15) is 0 Å². The van der Waals surface area contributed by atoms with Gasteiger partial charge >= 0.3 is 6.18 Å². The van der Waals surface area contributed by atoms with Gasteiger partial charge in [-0.3, -0.25) is 0 Å². The molecule has 1 rings (SSSR count). The summed E-state index contributed by atoms with van der Waals surface area (Å²) in [4.78, 5) is 0. The van der Waals surface area contributed by atoms with Crippen molar-refractivity contribution in [1.82, 2.24) is 0 Å². The molecule has 1 N–H and O–H groups in total. The summed E-state index contributed by atoms with van der Waals surface area (Å²) in [6.07, 6.45) is -2.22. The van der Waals surface area contributed by atoms with Gasteiger partial charge in [-0.2, -0.15) is 13.2 Å². The van der Waals surface area contributed by atoms with E-state index in [4.69, 9.17) is 0 Å². The van der Waals surface area contributed by atoms with Crippen LogP contribution >= 0.6 is 0 Å². The molecule has 0 saturated heterocycles. The third-order valence-corrected chi connectivity index (χ3v) is 3.30. The molecule has 1 aromatic carbocycles. The summed E-state index contributed by atoms with van der Waals surface area (Å²) in [5.74, 6) is 0.499. The van der Waals surface area contributed by atoms with Gasteiger partial charge in [-0.15, -0.1) is 0 Å². The highest BCUT2D eigenvalue weighted by atomic mass is 19.4. The molecule has 0 aliphatic rings. The number of rotatable bonds is 5. The number of aryl methyl sites for hydroxylation is 1. The molecule has 0 radical (unpaired) electrons. The SMILES string of the molecule is CCC(CC)CNc1cc(C(F)(F)F)ccc1C. The number of anilines is 1. The first-order chi connectivity index (χ1) is 8.38. The van der Waals surface area contributed by atoms with Crippen LogP contribution in [0.25, 0.3) is 0 Å². The van der Waals surface area contributed by atoms with Crippen LogP contribution in [-0.2, 0) is 6.18 Å². The van der Waals surface area contributed by atoms with Crippen LogP contribution in [0.2, 0.25) is 0 Å². The molecule has 0 fully saturated rings. The Morgan fingerprint density at radius 3 is 2.28 bits per heavy atom. The minimum atomic E-state index is -4.28. The second kappa shape index (κ2) is 6.12. The summed E-state index contributed by atoms with van der Waals surface area (Å²) in [7, 11) is 0. The number of nitrogens with one attached hydrogen (secondary N) is 1. The Hall–Kier alpha value is -1.19. The Bertz CT molecular complexity index is 381. The minimum absolute atomic E-state index is 0.499. The zero-order chi connectivity index (χ0) is 13.8. The maximum atomic E-state index is 12.6. The van der Waals surface area contributed by atoms with E-state index in [0.717, 1.165) is 31.0 Å². The molecule has 0 aromatic heterocycles. The van der Waals surface area contributed by atoms with Crippen LogP contribution in [0.4, 0.5) is 18.9 Å². The number of alkyl halides is 3. The van der Waals surface area contributed by atoms with Crippen molar-refractivity contribution in [3.63, 3.8) is 0 Å². The largest absolute Gasteiger partial charge is 0.416 e. The van der Waals surface area contributed by atoms with Gasteiger partial charge in [-0.05, 0) is 30.5 Å². The van der Waals surface area contributed by atoms with E-state index in [-0.39, 0.29) is 0 Å². The fourth-order valence-corrected chi connectivity index (χ4v) is 1.82. The van der Waals surface area contributed by atoms with E-state index in [1.807, 2.05) is 6.92 Å². The summed E-state index contributed by atoms with van der Waals surface area (Å²) in [5.41, 5.74) is 0.825. The monoisotopic (exact) mass is 259 g/mol. The average Bonchev–Trinajstić information content (AvgIpc) is 2.31. The highest BCUT2D eigenvalue weighted by Crippen LogP contribution is 2.32. The lowest BCUT2D eigenvalue weighted by atomic mass is 10.0. The van der Waals surface area contributed by atoms with Gasteiger partial charge in [0, 0.05) is 12.2 Å². The van der Waals surface area contributed by atoms with Gasteiger partial charge in [0.05, 0.1) is 5.56 Å². The first-order valence-electron chi connectivity index (χ1n) is 6.30. The Kier molecular flexibility index (Phi) is 5.05. The fraction of sp³-hybridized carbons (Fsp3) is 0.571. The van der Waals surface area contributed by atoms with Crippen LogP contribution < -0.4 is 5.32 Å². The highest BCUT2D eigenvalue weighted by molar-refractivity contribution is 5.53. The van der Waals surface area contributed by atoms with Crippen molar-refractivity contribution in [1.29, 1.82) is 0 Å². The van der Waals surface area contributed by atoms with Crippen molar-refractivity contribution in [2.24, 2.45) is 5.92 Å². The Morgan fingerprint density at radius 1 is 1.17 bits per heavy atom. The van der Waals surface area contributed by atoms with Gasteiger partial charge in [0.25, 0.3) is 0 Å². The van der Waals surface area contributed by atoms with E-state index in [0.29, 0.717) is 11.6 Å². The number of benzene rings is 1. The molecule has 0 spiro atoms. The van der Waals surface area contributed by atoms with E-state index >= 15 is 0 Å². The first-order valence-corrected chi connectivity index (χ1v) is 6.30. The van der Waals surface area contributed by atoms with Crippen LogP contribution in [0.1, 0.15) is 37.8 Å². The van der Waals surface area contributed by atoms with Crippen LogP contribution in [0.3, 0.4) is 0 Å². The quantitative estimate of drug-likeness (QED) is 0.796. The summed E-state index contributed by atoms with van der Waals surface area (Å²) in [6, 6.07) is 3.83. The Balaban J connectivity index is 2.82. The molecule has 0 aliphatic heterocycles. The van der Waals surface area contributed by atoms with E-state index in [1.165, 1.54) is 12.1 Å². The molecule has 1 nitrogen and oxygen atoms in total. The second-order valence-electron chi connectivity index (χ2n) is 4.59. The van der Waals surface area contributed by atoms with Crippen LogP contribution in [0.15, 0.2) is 18.2 Å². The summed E-state index contributed by atoms with van der Waals surface area (Å²) in [6.45, 7) is 6.72. The Morgan fingerprint density at radius 2 is 1.78 bits per heavy atom. The lowest BCUT2D eigenvalue weighted by molar-refractivity contribution is -0.137. The molecule has 0 aliphatic carbocycles. The normalized spacial score (nSPS) is 11.9. The summed E-state index contributed by atoms with van der Waals surface area (Å²) >= 11 is 0. The molecule has 0 unspecified atom stereocenters. The lowest BCUT2D eigenvalue weighted by Crippen LogP contribution is -2.14. The third kappa shape index (κ3) is 3.93. The molecule has 0 heterocycles. The summed E-state index contributed by atoms with van der Waals surface area (Å²) in [5, 5.41) is 3.13. The summed E-state index contributed by atoms with van der Waals surface area (Å²) < 4.78 is 37.8. The molecule has 102 valence electrons. The smallest absolute Gasteiger partial charge is 0.385 e. The molecular formula is C14H20F3N. The van der Waals surface area contributed by atoms with Crippen molar-refractivity contribution < 1.29 is 13.2 Å². The zero-order valence-corrected chi connectivity index (χ0v) is 11.1. The minimum Gasteiger partial charge on any atom is -0.385 e. The van der Waals surface area contributed by atoms with Gasteiger partial charge in [-0.25, -0.2) is 0 Å². The van der Waals surface area contributed by atoms with Gasteiger partial charge in [0.2, 0.25) is 0 Å². The van der Waals surface area contributed by atoms with E-state index in [9.17, 15) is 13.2 Å². The number of hydrogen-bond donors (Lipinski definition) is 1. The second-order valence-corrected chi connectivity index (χ2v) is 4.59. The lowest BCUT2D eigenvalue weighted by Gasteiger charge is -2.17. The predicted octanol–water partition coefficient (Wildman–Crippen LogP) is 4.86. The van der Waals surface area contributed by atoms with Crippen LogP contribution in [0, 0.1) is 12.8 Å². The number of hydrogen-bond acceptors (Lipinski definition) is 1. The van der Waals surface area contributed by atoms with Gasteiger partial charge in [0.15, 0.2) is 0 Å². The van der Waals surface area contributed by atoms with E-state index in [2.05, 4.69) is 19.2 Å². The zero-order valence-electron chi connectivity index (χ0n) is 11.1. The van der Waals surface area contributed by atoms with Crippen molar-refractivity contribution in [2.45, 2.75) is 39.8 Å². The fourth-order valence-electron chi connectivity index (χ4n) is 1.82. The first kappa shape index (κ1) is 14.9. The highest BCUT2D eigenvalue weighted by Gasteiger charge is 2.30. The molecule has 0 atom stereocenters. The molecule has 18 heavy (non-hydrogen) atoms. The maximum Gasteiger partial charge on any atom is 0.416 e. The maximum absolute atomic E-state index is 12.6. The van der Waals surface area contributed by atoms with Gasteiger partial charge in [-0.1, -0.05) is 32.8 Å². The van der Waals surface area contributed by atoms with Crippen LogP contribution in [0.5, 0.6) is 0 Å². The Labute approximate surface area is 106 Å². The van der Waals surface area contributed by atoms with Crippen molar-refractivity contribution >= 4 is 5.69 Å². The standard InChI is InChI=1S/C14H20F3N/c1-4-11(5-2)9-18-13-8-12(14(15,16)17)7-6-10(13)3/h6-8,11,18H,4-5,9H2,1-3H3. The third-order valence-electron chi connectivity index (χ3n) is 3.30. The molecule has 0 amide bonds. The van der Waals surface area contributed by atoms with Crippen molar-refractivity contribution in [2.75, 3.05) is 11.9 Å². The molecule has 0 saturated carbocycles. The molecule has 1 aromatic rings. The van der Waals surface area contributed by atoms with Gasteiger partial charge < -0.3 is 5.32 Å². The molecular weight excluding hydrogens is 239 g/mol. The number of halogens is 3. The van der Waals surface area contributed by atoms with Crippen molar-refractivity contribution in [3.05, 3.63) is 29.3 Å². The van der Waals surface area contributed by atoms with Crippen LogP contribution in [-0.4, -0.2) is 6.54 Å². The molecule has 4 heteroatoms. The van der Waals surface area contributed by atoms with E-state index < -0.39 is 11.7 Å². The van der Waals surface area contributed by atoms with E-state index in [1.54, 1.807) is 0 Å². The topological polar surface area (TPSA) is 12.0 Å². The average molecular weight is 259 g/mol.